The highest BCUT2D eigenvalue weighted by Crippen LogP contribution is 2.29. The second kappa shape index (κ2) is 5.18. The molecule has 0 aliphatic carbocycles. The van der Waals surface area contributed by atoms with Crippen molar-refractivity contribution >= 4 is 11.9 Å². The minimum atomic E-state index is -5.46. The van der Waals surface area contributed by atoms with Crippen LogP contribution >= 0.6 is 0 Å². The zero-order valence-corrected chi connectivity index (χ0v) is 9.43. The molecule has 0 fully saturated rings. The Bertz CT molecular complexity index is 479. The number of esters is 1. The maximum absolute atomic E-state index is 12.6. The van der Waals surface area contributed by atoms with Crippen LogP contribution in [-0.2, 0) is 9.53 Å². The summed E-state index contributed by atoms with van der Waals surface area (Å²) < 4.78 is 41.7. The van der Waals surface area contributed by atoms with Gasteiger partial charge in [-0.2, -0.15) is 13.2 Å². The van der Waals surface area contributed by atoms with Gasteiger partial charge in [0.25, 0.3) is 5.91 Å². The molecule has 19 heavy (non-hydrogen) atoms. The van der Waals surface area contributed by atoms with Gasteiger partial charge in [-0.15, -0.1) is 0 Å². The molecule has 0 bridgehead atoms. The summed E-state index contributed by atoms with van der Waals surface area (Å²) in [6.07, 6.45) is -2.35. The number of methoxy groups -OCH3 is 1. The summed E-state index contributed by atoms with van der Waals surface area (Å²) in [5, 5.41) is 10.4. The van der Waals surface area contributed by atoms with Crippen LogP contribution in [0.1, 0.15) is 10.5 Å². The highest BCUT2D eigenvalue weighted by atomic mass is 19.4. The standard InChI is InChI=1S/C9H8F3N3O4/c1-19-7(17)8(18,9(10,11)12)15-6(16)5-4-13-2-3-14-5/h2-4,18H,1H3,(H,15,16)/t8-/m0/s1. The average molecular weight is 279 g/mol. The van der Waals surface area contributed by atoms with Crippen molar-refractivity contribution in [1.82, 2.24) is 15.3 Å². The first-order valence-corrected chi connectivity index (χ1v) is 4.68. The molecule has 1 aromatic heterocycles. The van der Waals surface area contributed by atoms with E-state index in [9.17, 15) is 27.9 Å². The summed E-state index contributed by atoms with van der Waals surface area (Å²) in [7, 11) is 0.632. The van der Waals surface area contributed by atoms with Gasteiger partial charge in [-0.05, 0) is 0 Å². The third-order valence-electron chi connectivity index (χ3n) is 1.98. The highest BCUT2D eigenvalue weighted by Gasteiger charge is 2.62. The third-order valence-corrected chi connectivity index (χ3v) is 1.98. The predicted octanol–water partition coefficient (Wildman–Crippen LogP) is -0.370. The molecule has 1 atom stereocenters. The van der Waals surface area contributed by atoms with E-state index in [1.165, 1.54) is 6.20 Å². The monoisotopic (exact) mass is 279 g/mol. The second-order valence-electron chi connectivity index (χ2n) is 3.24. The van der Waals surface area contributed by atoms with Crippen molar-refractivity contribution in [2.75, 3.05) is 7.11 Å². The molecule has 0 saturated carbocycles. The molecule has 1 aromatic rings. The van der Waals surface area contributed by atoms with Crippen LogP contribution in [0.3, 0.4) is 0 Å². The van der Waals surface area contributed by atoms with Gasteiger partial charge >= 0.3 is 17.9 Å². The maximum atomic E-state index is 12.6. The zero-order valence-electron chi connectivity index (χ0n) is 9.43. The van der Waals surface area contributed by atoms with Gasteiger partial charge in [0, 0.05) is 12.4 Å². The Labute approximate surface area is 104 Å². The number of aromatic nitrogens is 2. The van der Waals surface area contributed by atoms with Crippen molar-refractivity contribution < 1.29 is 32.6 Å². The topological polar surface area (TPSA) is 101 Å². The minimum absolute atomic E-state index is 0.505. The number of nitrogens with one attached hydrogen (secondary N) is 1. The molecular weight excluding hydrogens is 271 g/mol. The summed E-state index contributed by atoms with van der Waals surface area (Å²) in [5.74, 6) is -3.50. The first-order valence-electron chi connectivity index (χ1n) is 4.68. The van der Waals surface area contributed by atoms with Crippen LogP contribution in [-0.4, -0.2) is 46.0 Å². The molecule has 0 radical (unpaired) electrons. The number of amides is 1. The SMILES string of the molecule is COC(=O)[C@@](O)(NC(=O)c1cnccn1)C(F)(F)F. The van der Waals surface area contributed by atoms with Crippen LogP contribution in [0.25, 0.3) is 0 Å². The van der Waals surface area contributed by atoms with Crippen LogP contribution in [0.2, 0.25) is 0 Å². The summed E-state index contributed by atoms with van der Waals surface area (Å²) in [5.41, 5.74) is -4.66. The number of rotatable bonds is 3. The Hall–Kier alpha value is -2.23. The number of carbonyl (C=O) groups is 2. The van der Waals surface area contributed by atoms with Gasteiger partial charge < -0.3 is 15.2 Å². The van der Waals surface area contributed by atoms with Crippen molar-refractivity contribution in [2.45, 2.75) is 11.9 Å². The van der Waals surface area contributed by atoms with Gasteiger partial charge in [0.15, 0.2) is 0 Å². The van der Waals surface area contributed by atoms with Gasteiger partial charge in [-0.1, -0.05) is 0 Å². The lowest BCUT2D eigenvalue weighted by Crippen LogP contribution is -2.64. The normalized spacial score (nSPS) is 14.4. The first kappa shape index (κ1) is 14.8. The highest BCUT2D eigenvalue weighted by molar-refractivity contribution is 5.96. The van der Waals surface area contributed by atoms with Crippen molar-refractivity contribution in [1.29, 1.82) is 0 Å². The molecule has 0 aliphatic heterocycles. The zero-order chi connectivity index (χ0) is 14.7. The Morgan fingerprint density at radius 1 is 1.37 bits per heavy atom. The van der Waals surface area contributed by atoms with E-state index in [1.54, 1.807) is 0 Å². The van der Waals surface area contributed by atoms with Crippen molar-refractivity contribution in [3.63, 3.8) is 0 Å². The van der Waals surface area contributed by atoms with Gasteiger partial charge in [0.05, 0.1) is 13.3 Å². The lowest BCUT2D eigenvalue weighted by Gasteiger charge is -2.27. The molecule has 1 heterocycles. The van der Waals surface area contributed by atoms with E-state index in [-0.39, 0.29) is 0 Å². The van der Waals surface area contributed by atoms with E-state index < -0.39 is 29.5 Å². The number of ether oxygens (including phenoxy) is 1. The molecule has 0 aliphatic rings. The maximum Gasteiger partial charge on any atom is 0.448 e. The van der Waals surface area contributed by atoms with Crippen molar-refractivity contribution in [3.8, 4) is 0 Å². The first-order chi connectivity index (χ1) is 8.72. The fraction of sp³-hybridized carbons (Fsp3) is 0.333. The number of hydrogen-bond acceptors (Lipinski definition) is 6. The third kappa shape index (κ3) is 2.96. The lowest BCUT2D eigenvalue weighted by molar-refractivity contribution is -0.268. The van der Waals surface area contributed by atoms with Crippen LogP contribution in [0.15, 0.2) is 18.6 Å². The van der Waals surface area contributed by atoms with Crippen LogP contribution in [0, 0.1) is 0 Å². The van der Waals surface area contributed by atoms with Crippen LogP contribution in [0.5, 0.6) is 0 Å². The predicted molar refractivity (Wildman–Crippen MR) is 52.5 cm³/mol. The molecule has 1 amide bonds. The number of nitrogens with zero attached hydrogens (tertiary/aromatic N) is 2. The largest absolute Gasteiger partial charge is 0.465 e. The van der Waals surface area contributed by atoms with E-state index in [1.807, 2.05) is 0 Å². The van der Waals surface area contributed by atoms with Gasteiger partial charge in [0.2, 0.25) is 0 Å². The van der Waals surface area contributed by atoms with Gasteiger partial charge in [-0.25, -0.2) is 9.78 Å². The fourth-order valence-electron chi connectivity index (χ4n) is 1.03. The smallest absolute Gasteiger partial charge is 0.448 e. The number of carbonyl (C=O) groups excluding carboxylic acids is 2. The Kier molecular flexibility index (Phi) is 4.04. The number of aliphatic hydroxyl groups is 1. The van der Waals surface area contributed by atoms with E-state index in [2.05, 4.69) is 14.7 Å². The minimum Gasteiger partial charge on any atom is -0.465 e. The summed E-state index contributed by atoms with van der Waals surface area (Å²) in [6.45, 7) is 0. The molecular formula is C9H8F3N3O4. The van der Waals surface area contributed by atoms with Gasteiger partial charge in [0.1, 0.15) is 5.69 Å². The molecule has 7 nitrogen and oxygen atoms in total. The van der Waals surface area contributed by atoms with Crippen LogP contribution in [0.4, 0.5) is 13.2 Å². The van der Waals surface area contributed by atoms with E-state index >= 15 is 0 Å². The number of halogens is 3. The van der Waals surface area contributed by atoms with E-state index in [0.29, 0.717) is 7.11 Å². The Morgan fingerprint density at radius 2 is 2.00 bits per heavy atom. The average Bonchev–Trinajstić information content (AvgIpc) is 2.37. The second-order valence-corrected chi connectivity index (χ2v) is 3.24. The summed E-state index contributed by atoms with van der Waals surface area (Å²) in [4.78, 5) is 29.3. The Balaban J connectivity index is 3.04. The number of hydrogen-bond donors (Lipinski definition) is 2. The molecule has 0 unspecified atom stereocenters. The van der Waals surface area contributed by atoms with Crippen LogP contribution < -0.4 is 5.32 Å². The summed E-state index contributed by atoms with van der Waals surface area (Å²) in [6, 6.07) is 0. The molecule has 10 heteroatoms. The number of alkyl halides is 3. The summed E-state index contributed by atoms with van der Waals surface area (Å²) >= 11 is 0. The molecule has 0 spiro atoms. The molecule has 1 rings (SSSR count). The van der Waals surface area contributed by atoms with E-state index in [4.69, 9.17) is 0 Å². The molecule has 2 N–H and O–H groups in total. The van der Waals surface area contributed by atoms with Crippen molar-refractivity contribution in [3.05, 3.63) is 24.3 Å². The lowest BCUT2D eigenvalue weighted by atomic mass is 10.2. The van der Waals surface area contributed by atoms with Crippen molar-refractivity contribution in [2.24, 2.45) is 0 Å². The van der Waals surface area contributed by atoms with Gasteiger partial charge in [-0.3, -0.25) is 9.78 Å². The molecule has 104 valence electrons. The fourth-order valence-corrected chi connectivity index (χ4v) is 1.03. The molecule has 0 saturated heterocycles. The van der Waals surface area contributed by atoms with E-state index in [0.717, 1.165) is 17.7 Å². The quantitative estimate of drug-likeness (QED) is 0.578. The Morgan fingerprint density at radius 3 is 2.42 bits per heavy atom. The molecule has 0 aromatic carbocycles.